The lowest BCUT2D eigenvalue weighted by molar-refractivity contribution is -0.119. The second-order valence-electron chi connectivity index (χ2n) is 3.90. The number of rotatable bonds is 7. The van der Waals surface area contributed by atoms with Crippen molar-refractivity contribution in [2.45, 2.75) is 13.5 Å². The Hall–Kier alpha value is -1.40. The highest BCUT2D eigenvalue weighted by atomic mass is 16.5. The molecule has 2 N–H and O–H groups in total. The van der Waals surface area contributed by atoms with Crippen LogP contribution in [0.15, 0.2) is 12.3 Å². The summed E-state index contributed by atoms with van der Waals surface area (Å²) in [4.78, 5) is 11.7. The fourth-order valence-electron chi connectivity index (χ4n) is 1.39. The first-order valence-electron chi connectivity index (χ1n) is 5.65. The maximum absolute atomic E-state index is 11.7. The Balaban J connectivity index is 2.45. The van der Waals surface area contributed by atoms with E-state index in [4.69, 9.17) is 4.74 Å². The predicted molar refractivity (Wildman–Crippen MR) is 65.8 cm³/mol. The van der Waals surface area contributed by atoms with Crippen LogP contribution in [0.4, 0.5) is 5.82 Å². The van der Waals surface area contributed by atoms with Gasteiger partial charge in [-0.1, -0.05) is 6.92 Å². The van der Waals surface area contributed by atoms with E-state index in [2.05, 4.69) is 15.7 Å². The number of amides is 1. The van der Waals surface area contributed by atoms with E-state index in [1.54, 1.807) is 17.9 Å². The van der Waals surface area contributed by atoms with Crippen LogP contribution in [0.25, 0.3) is 0 Å². The van der Waals surface area contributed by atoms with Gasteiger partial charge in [-0.2, -0.15) is 5.10 Å². The molecule has 6 heteroatoms. The van der Waals surface area contributed by atoms with E-state index >= 15 is 0 Å². The Morgan fingerprint density at radius 1 is 1.65 bits per heavy atom. The third-order valence-corrected chi connectivity index (χ3v) is 2.37. The Bertz CT molecular complexity index is 351. The molecule has 0 saturated carbocycles. The van der Waals surface area contributed by atoms with Crippen LogP contribution in [-0.4, -0.2) is 43.0 Å². The molecule has 1 amide bonds. The zero-order chi connectivity index (χ0) is 12.7. The molecule has 0 aliphatic carbocycles. The van der Waals surface area contributed by atoms with Gasteiger partial charge in [-0.05, 0) is 7.05 Å². The zero-order valence-corrected chi connectivity index (χ0v) is 10.6. The van der Waals surface area contributed by atoms with Crippen LogP contribution >= 0.6 is 0 Å². The van der Waals surface area contributed by atoms with Crippen molar-refractivity contribution in [2.24, 2.45) is 5.92 Å². The molecule has 0 aliphatic rings. The van der Waals surface area contributed by atoms with Crippen molar-refractivity contribution < 1.29 is 9.53 Å². The molecule has 1 aromatic rings. The zero-order valence-electron chi connectivity index (χ0n) is 10.6. The highest BCUT2D eigenvalue weighted by molar-refractivity contribution is 5.91. The van der Waals surface area contributed by atoms with Crippen molar-refractivity contribution >= 4 is 11.7 Å². The van der Waals surface area contributed by atoms with Crippen LogP contribution in [-0.2, 0) is 16.1 Å². The summed E-state index contributed by atoms with van der Waals surface area (Å²) in [6.07, 6.45) is 1.82. The van der Waals surface area contributed by atoms with Crippen molar-refractivity contribution in [3.05, 3.63) is 12.3 Å². The summed E-state index contributed by atoms with van der Waals surface area (Å²) >= 11 is 0. The average Bonchev–Trinajstić information content (AvgIpc) is 2.74. The number of hydrogen-bond donors (Lipinski definition) is 2. The van der Waals surface area contributed by atoms with Crippen molar-refractivity contribution in [2.75, 3.05) is 32.6 Å². The highest BCUT2D eigenvalue weighted by Gasteiger charge is 2.12. The largest absolute Gasteiger partial charge is 0.383 e. The molecule has 0 spiro atoms. The molecular formula is C11H20N4O2. The van der Waals surface area contributed by atoms with E-state index < -0.39 is 0 Å². The molecule has 0 aromatic carbocycles. The smallest absolute Gasteiger partial charge is 0.229 e. The van der Waals surface area contributed by atoms with E-state index in [-0.39, 0.29) is 11.8 Å². The number of nitrogens with zero attached hydrogens (tertiary/aromatic N) is 2. The number of hydrogen-bond acceptors (Lipinski definition) is 4. The lowest BCUT2D eigenvalue weighted by Gasteiger charge is -2.09. The van der Waals surface area contributed by atoms with Gasteiger partial charge in [0.15, 0.2) is 5.82 Å². The van der Waals surface area contributed by atoms with Gasteiger partial charge < -0.3 is 15.4 Å². The van der Waals surface area contributed by atoms with E-state index in [9.17, 15) is 4.79 Å². The monoisotopic (exact) mass is 240 g/mol. The highest BCUT2D eigenvalue weighted by Crippen LogP contribution is 2.05. The number of aromatic nitrogens is 2. The first-order valence-corrected chi connectivity index (χ1v) is 5.65. The number of carbonyl (C=O) groups is 1. The van der Waals surface area contributed by atoms with Gasteiger partial charge in [0.05, 0.1) is 13.2 Å². The van der Waals surface area contributed by atoms with E-state index in [1.165, 1.54) is 0 Å². The van der Waals surface area contributed by atoms with E-state index in [1.807, 2.05) is 20.2 Å². The summed E-state index contributed by atoms with van der Waals surface area (Å²) < 4.78 is 6.69. The molecule has 96 valence electrons. The third-order valence-electron chi connectivity index (χ3n) is 2.37. The molecule has 0 saturated heterocycles. The molecule has 1 heterocycles. The van der Waals surface area contributed by atoms with Gasteiger partial charge in [-0.15, -0.1) is 0 Å². The molecule has 1 rings (SSSR count). The maximum Gasteiger partial charge on any atom is 0.229 e. The molecule has 1 atom stereocenters. The van der Waals surface area contributed by atoms with Gasteiger partial charge in [-0.3, -0.25) is 9.48 Å². The second kappa shape index (κ2) is 7.03. The topological polar surface area (TPSA) is 68.2 Å². The number of methoxy groups -OCH3 is 1. The fraction of sp³-hybridized carbons (Fsp3) is 0.636. The minimum Gasteiger partial charge on any atom is -0.383 e. The van der Waals surface area contributed by atoms with Gasteiger partial charge in [0.2, 0.25) is 5.91 Å². The Kier molecular flexibility index (Phi) is 5.65. The number of anilines is 1. The molecule has 1 aromatic heterocycles. The first-order chi connectivity index (χ1) is 8.17. The number of nitrogens with one attached hydrogen (secondary N) is 2. The Labute approximate surface area is 101 Å². The summed E-state index contributed by atoms with van der Waals surface area (Å²) in [5.41, 5.74) is 0. The van der Waals surface area contributed by atoms with Gasteiger partial charge in [0, 0.05) is 31.8 Å². The van der Waals surface area contributed by atoms with E-state index in [0.29, 0.717) is 25.5 Å². The van der Waals surface area contributed by atoms with Gasteiger partial charge in [0.25, 0.3) is 0 Å². The van der Waals surface area contributed by atoms with Crippen LogP contribution < -0.4 is 10.6 Å². The van der Waals surface area contributed by atoms with Crippen LogP contribution in [0.3, 0.4) is 0 Å². The number of ether oxygens (including phenoxy) is 1. The van der Waals surface area contributed by atoms with Crippen LogP contribution in [0.1, 0.15) is 6.92 Å². The summed E-state index contributed by atoms with van der Waals surface area (Å²) in [6.45, 7) is 3.80. The standard InChI is InChI=1S/C11H20N4O2/c1-9(8-12-2)11(16)13-10-4-5-15(14-10)6-7-17-3/h4-5,9,12H,6-8H2,1-3H3,(H,13,14,16). The normalized spacial score (nSPS) is 12.4. The lowest BCUT2D eigenvalue weighted by atomic mass is 10.1. The van der Waals surface area contributed by atoms with Gasteiger partial charge in [0.1, 0.15) is 0 Å². The molecule has 0 radical (unpaired) electrons. The third kappa shape index (κ3) is 4.54. The van der Waals surface area contributed by atoms with Crippen molar-refractivity contribution in [3.8, 4) is 0 Å². The van der Waals surface area contributed by atoms with Gasteiger partial charge in [-0.25, -0.2) is 0 Å². The molecule has 17 heavy (non-hydrogen) atoms. The molecule has 0 fully saturated rings. The Morgan fingerprint density at radius 3 is 3.06 bits per heavy atom. The summed E-state index contributed by atoms with van der Waals surface area (Å²) in [5.74, 6) is 0.467. The Morgan fingerprint density at radius 2 is 2.41 bits per heavy atom. The van der Waals surface area contributed by atoms with Crippen molar-refractivity contribution in [1.29, 1.82) is 0 Å². The molecule has 6 nitrogen and oxygen atoms in total. The molecule has 1 unspecified atom stereocenters. The quantitative estimate of drug-likeness (QED) is 0.720. The van der Waals surface area contributed by atoms with Crippen LogP contribution in [0.2, 0.25) is 0 Å². The minimum absolute atomic E-state index is 0.0312. The average molecular weight is 240 g/mol. The fourth-order valence-corrected chi connectivity index (χ4v) is 1.39. The second-order valence-corrected chi connectivity index (χ2v) is 3.90. The summed E-state index contributed by atoms with van der Waals surface area (Å²) in [7, 11) is 3.47. The van der Waals surface area contributed by atoms with Crippen molar-refractivity contribution in [3.63, 3.8) is 0 Å². The molecule has 0 aliphatic heterocycles. The van der Waals surface area contributed by atoms with Gasteiger partial charge >= 0.3 is 0 Å². The molecule has 0 bridgehead atoms. The van der Waals surface area contributed by atoms with E-state index in [0.717, 1.165) is 0 Å². The maximum atomic E-state index is 11.7. The summed E-state index contributed by atoms with van der Waals surface area (Å²) in [6, 6.07) is 1.78. The summed E-state index contributed by atoms with van der Waals surface area (Å²) in [5, 5.41) is 9.95. The first kappa shape index (κ1) is 13.7. The SMILES string of the molecule is CNCC(C)C(=O)Nc1ccn(CCOC)n1. The van der Waals surface area contributed by atoms with Crippen LogP contribution in [0.5, 0.6) is 0 Å². The minimum atomic E-state index is -0.0795. The van der Waals surface area contributed by atoms with Crippen molar-refractivity contribution in [1.82, 2.24) is 15.1 Å². The number of carbonyl (C=O) groups excluding carboxylic acids is 1. The molecular weight excluding hydrogens is 220 g/mol. The predicted octanol–water partition coefficient (Wildman–Crippen LogP) is 0.323. The van der Waals surface area contributed by atoms with Crippen LogP contribution in [0, 0.1) is 5.92 Å². The lowest BCUT2D eigenvalue weighted by Crippen LogP contribution is -2.28.